The van der Waals surface area contributed by atoms with Crippen molar-refractivity contribution < 1.29 is 15.0 Å². The molecular formula is C15H23NO3. The van der Waals surface area contributed by atoms with Gasteiger partial charge in [-0.15, -0.1) is 0 Å². The summed E-state index contributed by atoms with van der Waals surface area (Å²) in [5.41, 5.74) is 1.74. The molecule has 1 aromatic carbocycles. The second-order valence-electron chi connectivity index (χ2n) is 5.88. The molecule has 0 aliphatic heterocycles. The molecule has 0 saturated heterocycles. The first-order valence-electron chi connectivity index (χ1n) is 6.47. The lowest BCUT2D eigenvalue weighted by atomic mass is 9.84. The van der Waals surface area contributed by atoms with Crippen LogP contribution in [0.2, 0.25) is 0 Å². The number of hydrogen-bond acceptors (Lipinski definition) is 3. The van der Waals surface area contributed by atoms with E-state index < -0.39 is 5.97 Å². The maximum atomic E-state index is 11.3. The molecule has 0 amide bonds. The molecule has 106 valence electrons. The standard InChI is InChI=1S/C15H23NO3/c1-10-6-5-7-11(14(18)19)13(10)16-12(8-9-17)15(2,3)4/h5-7,12,16-17H,8-9H2,1-4H3,(H,18,19). The first kappa shape index (κ1) is 15.5. The lowest BCUT2D eigenvalue weighted by Gasteiger charge is -2.33. The summed E-state index contributed by atoms with van der Waals surface area (Å²) in [6, 6.07) is 5.22. The lowest BCUT2D eigenvalue weighted by Crippen LogP contribution is -2.35. The summed E-state index contributed by atoms with van der Waals surface area (Å²) in [5, 5.41) is 21.7. The summed E-state index contributed by atoms with van der Waals surface area (Å²) in [6.45, 7) is 8.16. The molecule has 0 heterocycles. The highest BCUT2D eigenvalue weighted by molar-refractivity contribution is 5.95. The van der Waals surface area contributed by atoms with Gasteiger partial charge in [0.1, 0.15) is 0 Å². The molecule has 3 N–H and O–H groups in total. The van der Waals surface area contributed by atoms with E-state index in [0.717, 1.165) is 5.56 Å². The molecule has 0 aromatic heterocycles. The van der Waals surface area contributed by atoms with Gasteiger partial charge in [0.2, 0.25) is 0 Å². The third-order valence-electron chi connectivity index (χ3n) is 3.28. The Morgan fingerprint density at radius 1 is 1.37 bits per heavy atom. The first-order chi connectivity index (χ1) is 8.77. The minimum Gasteiger partial charge on any atom is -0.478 e. The molecule has 0 aliphatic rings. The second-order valence-corrected chi connectivity index (χ2v) is 5.88. The fourth-order valence-electron chi connectivity index (χ4n) is 2.06. The number of carboxylic acids is 1. The molecule has 1 aromatic rings. The number of aliphatic hydroxyl groups excluding tert-OH is 1. The maximum Gasteiger partial charge on any atom is 0.337 e. The average molecular weight is 265 g/mol. The molecule has 19 heavy (non-hydrogen) atoms. The topological polar surface area (TPSA) is 69.6 Å². The zero-order valence-electron chi connectivity index (χ0n) is 12.0. The van der Waals surface area contributed by atoms with Gasteiger partial charge in [0, 0.05) is 12.6 Å². The Kier molecular flexibility index (Phi) is 4.95. The van der Waals surface area contributed by atoms with E-state index in [9.17, 15) is 9.90 Å². The maximum absolute atomic E-state index is 11.3. The molecular weight excluding hydrogens is 242 g/mol. The number of nitrogens with one attached hydrogen (secondary N) is 1. The van der Waals surface area contributed by atoms with Crippen molar-refractivity contribution in [3.05, 3.63) is 29.3 Å². The average Bonchev–Trinajstić information content (AvgIpc) is 2.29. The van der Waals surface area contributed by atoms with Crippen molar-refractivity contribution in [2.75, 3.05) is 11.9 Å². The van der Waals surface area contributed by atoms with Gasteiger partial charge < -0.3 is 15.5 Å². The lowest BCUT2D eigenvalue weighted by molar-refractivity contribution is 0.0697. The Balaban J connectivity index is 3.12. The van der Waals surface area contributed by atoms with Gasteiger partial charge >= 0.3 is 5.97 Å². The third-order valence-corrected chi connectivity index (χ3v) is 3.28. The molecule has 1 rings (SSSR count). The Hall–Kier alpha value is -1.55. The van der Waals surface area contributed by atoms with E-state index in [2.05, 4.69) is 26.1 Å². The summed E-state index contributed by atoms with van der Waals surface area (Å²) in [6.07, 6.45) is 0.580. The highest BCUT2D eigenvalue weighted by atomic mass is 16.4. The van der Waals surface area contributed by atoms with E-state index in [1.54, 1.807) is 12.1 Å². The highest BCUT2D eigenvalue weighted by Gasteiger charge is 2.26. The van der Waals surface area contributed by atoms with Crippen LogP contribution in [0.4, 0.5) is 5.69 Å². The SMILES string of the molecule is Cc1cccc(C(=O)O)c1NC(CCO)C(C)(C)C. The van der Waals surface area contributed by atoms with Crippen LogP contribution in [0.15, 0.2) is 18.2 Å². The van der Waals surface area contributed by atoms with Crippen LogP contribution in [-0.4, -0.2) is 28.8 Å². The number of carboxylic acid groups (broad SMARTS) is 1. The number of carbonyl (C=O) groups is 1. The van der Waals surface area contributed by atoms with Gasteiger partial charge in [0.15, 0.2) is 0 Å². The normalized spacial score (nSPS) is 13.1. The Morgan fingerprint density at radius 2 is 2.00 bits per heavy atom. The summed E-state index contributed by atoms with van der Waals surface area (Å²) >= 11 is 0. The van der Waals surface area contributed by atoms with Gasteiger partial charge in [-0.25, -0.2) is 4.79 Å². The quantitative estimate of drug-likeness (QED) is 0.765. The molecule has 4 heteroatoms. The number of para-hydroxylation sites is 1. The molecule has 0 aliphatic carbocycles. The van der Waals surface area contributed by atoms with Crippen LogP contribution in [0.1, 0.15) is 43.1 Å². The van der Waals surface area contributed by atoms with Crippen LogP contribution < -0.4 is 5.32 Å². The molecule has 0 fully saturated rings. The number of aliphatic hydroxyl groups is 1. The second kappa shape index (κ2) is 6.06. The van der Waals surface area contributed by atoms with Crippen molar-refractivity contribution in [1.29, 1.82) is 0 Å². The molecule has 0 saturated carbocycles. The minimum atomic E-state index is -0.942. The summed E-state index contributed by atoms with van der Waals surface area (Å²) < 4.78 is 0. The molecule has 1 atom stereocenters. The van der Waals surface area contributed by atoms with Crippen molar-refractivity contribution in [1.82, 2.24) is 0 Å². The highest BCUT2D eigenvalue weighted by Crippen LogP contribution is 2.29. The summed E-state index contributed by atoms with van der Waals surface area (Å²) in [5.74, 6) is -0.942. The molecule has 0 radical (unpaired) electrons. The van der Waals surface area contributed by atoms with Gasteiger partial charge in [0.05, 0.1) is 11.3 Å². The third kappa shape index (κ3) is 3.96. The number of anilines is 1. The summed E-state index contributed by atoms with van der Waals surface area (Å²) in [7, 11) is 0. The van der Waals surface area contributed by atoms with Crippen molar-refractivity contribution in [2.24, 2.45) is 5.41 Å². The number of aryl methyl sites for hydroxylation is 1. The Labute approximate surface area is 114 Å². The van der Waals surface area contributed by atoms with Crippen LogP contribution in [0.25, 0.3) is 0 Å². The number of benzene rings is 1. The van der Waals surface area contributed by atoms with E-state index in [-0.39, 0.29) is 23.6 Å². The molecule has 0 spiro atoms. The molecule has 1 unspecified atom stereocenters. The largest absolute Gasteiger partial charge is 0.478 e. The van der Waals surface area contributed by atoms with E-state index in [1.807, 2.05) is 13.0 Å². The Bertz CT molecular complexity index is 449. The van der Waals surface area contributed by atoms with E-state index in [4.69, 9.17) is 5.11 Å². The van der Waals surface area contributed by atoms with E-state index in [0.29, 0.717) is 12.1 Å². The van der Waals surface area contributed by atoms with E-state index in [1.165, 1.54) is 0 Å². The van der Waals surface area contributed by atoms with Crippen LogP contribution in [-0.2, 0) is 0 Å². The Morgan fingerprint density at radius 3 is 2.47 bits per heavy atom. The van der Waals surface area contributed by atoms with Gasteiger partial charge in [-0.05, 0) is 30.4 Å². The van der Waals surface area contributed by atoms with Crippen molar-refractivity contribution in [2.45, 2.75) is 40.2 Å². The van der Waals surface area contributed by atoms with Gasteiger partial charge in [0.25, 0.3) is 0 Å². The number of aromatic carboxylic acids is 1. The minimum absolute atomic E-state index is 0.0108. The molecule has 4 nitrogen and oxygen atoms in total. The fourth-order valence-corrected chi connectivity index (χ4v) is 2.06. The van der Waals surface area contributed by atoms with Crippen molar-refractivity contribution in [3.8, 4) is 0 Å². The van der Waals surface area contributed by atoms with Gasteiger partial charge in [-0.1, -0.05) is 32.9 Å². The predicted octanol–water partition coefficient (Wildman–Crippen LogP) is 2.90. The zero-order chi connectivity index (χ0) is 14.6. The first-order valence-corrected chi connectivity index (χ1v) is 6.47. The van der Waals surface area contributed by atoms with Gasteiger partial charge in [-0.3, -0.25) is 0 Å². The monoisotopic (exact) mass is 265 g/mol. The van der Waals surface area contributed by atoms with Crippen LogP contribution >= 0.6 is 0 Å². The van der Waals surface area contributed by atoms with Crippen molar-refractivity contribution >= 4 is 11.7 Å². The predicted molar refractivity (Wildman–Crippen MR) is 76.7 cm³/mol. The van der Waals surface area contributed by atoms with Crippen molar-refractivity contribution in [3.63, 3.8) is 0 Å². The molecule has 0 bridgehead atoms. The number of hydrogen-bond donors (Lipinski definition) is 3. The zero-order valence-corrected chi connectivity index (χ0v) is 12.0. The van der Waals surface area contributed by atoms with Crippen LogP contribution in [0.5, 0.6) is 0 Å². The van der Waals surface area contributed by atoms with Crippen LogP contribution in [0.3, 0.4) is 0 Å². The van der Waals surface area contributed by atoms with Crippen LogP contribution in [0, 0.1) is 12.3 Å². The smallest absolute Gasteiger partial charge is 0.337 e. The summed E-state index contributed by atoms with van der Waals surface area (Å²) in [4.78, 5) is 11.3. The van der Waals surface area contributed by atoms with E-state index >= 15 is 0 Å². The van der Waals surface area contributed by atoms with Gasteiger partial charge in [-0.2, -0.15) is 0 Å². The fraction of sp³-hybridized carbons (Fsp3) is 0.533. The number of rotatable bonds is 5.